The lowest BCUT2D eigenvalue weighted by atomic mass is 10.0. The van der Waals surface area contributed by atoms with Crippen molar-refractivity contribution in [1.82, 2.24) is 4.90 Å². The Balaban J connectivity index is 1.45. The van der Waals surface area contributed by atoms with E-state index in [0.717, 1.165) is 43.2 Å². The molecule has 0 aliphatic carbocycles. The number of nitrogens with zero attached hydrogens (tertiary/aromatic N) is 3. The first-order valence-corrected chi connectivity index (χ1v) is 9.48. The SMILES string of the molecule is CN1C(=O)CCc2cc(N3CCN(C(=O)c4cccs4)CC3)ccc21. The number of piperazine rings is 1. The van der Waals surface area contributed by atoms with Crippen LogP contribution in [0.1, 0.15) is 21.7 Å². The Labute approximate surface area is 151 Å². The maximum absolute atomic E-state index is 12.4. The highest BCUT2D eigenvalue weighted by atomic mass is 32.1. The molecule has 0 bridgehead atoms. The molecule has 25 heavy (non-hydrogen) atoms. The van der Waals surface area contributed by atoms with Crippen LogP contribution < -0.4 is 9.80 Å². The first-order valence-electron chi connectivity index (χ1n) is 8.61. The second kappa shape index (κ2) is 6.52. The molecule has 2 aliphatic rings. The number of carbonyl (C=O) groups is 2. The van der Waals surface area contributed by atoms with Crippen molar-refractivity contribution in [2.45, 2.75) is 12.8 Å². The summed E-state index contributed by atoms with van der Waals surface area (Å²) in [4.78, 5) is 31.1. The summed E-state index contributed by atoms with van der Waals surface area (Å²) in [5, 5.41) is 1.94. The van der Waals surface area contributed by atoms with Gasteiger partial charge in [0.25, 0.3) is 5.91 Å². The molecule has 3 heterocycles. The van der Waals surface area contributed by atoms with Gasteiger partial charge in [-0.1, -0.05) is 6.07 Å². The molecule has 1 aromatic heterocycles. The lowest BCUT2D eigenvalue weighted by Gasteiger charge is -2.36. The van der Waals surface area contributed by atoms with Crippen LogP contribution in [0.4, 0.5) is 11.4 Å². The van der Waals surface area contributed by atoms with E-state index < -0.39 is 0 Å². The van der Waals surface area contributed by atoms with Gasteiger partial charge in [0.1, 0.15) is 0 Å². The topological polar surface area (TPSA) is 43.9 Å². The molecular weight excluding hydrogens is 334 g/mol. The minimum Gasteiger partial charge on any atom is -0.368 e. The number of hydrogen-bond donors (Lipinski definition) is 0. The van der Waals surface area contributed by atoms with Crippen LogP contribution in [-0.4, -0.2) is 49.9 Å². The molecule has 0 radical (unpaired) electrons. The van der Waals surface area contributed by atoms with Crippen LogP contribution in [0, 0.1) is 0 Å². The first-order chi connectivity index (χ1) is 12.1. The third kappa shape index (κ3) is 3.02. The van der Waals surface area contributed by atoms with Gasteiger partial charge in [-0.3, -0.25) is 9.59 Å². The highest BCUT2D eigenvalue weighted by Crippen LogP contribution is 2.31. The third-order valence-electron chi connectivity index (χ3n) is 5.07. The van der Waals surface area contributed by atoms with E-state index in [2.05, 4.69) is 17.0 Å². The van der Waals surface area contributed by atoms with Crippen LogP contribution in [0.25, 0.3) is 0 Å². The van der Waals surface area contributed by atoms with Crippen LogP contribution in [0.15, 0.2) is 35.7 Å². The Morgan fingerprint density at radius 3 is 2.60 bits per heavy atom. The van der Waals surface area contributed by atoms with Crippen LogP contribution in [0.2, 0.25) is 0 Å². The predicted octanol–water partition coefficient (Wildman–Crippen LogP) is 2.62. The second-order valence-corrected chi connectivity index (χ2v) is 7.47. The Hall–Kier alpha value is -2.34. The molecule has 0 atom stereocenters. The molecule has 1 saturated heterocycles. The van der Waals surface area contributed by atoms with Crippen molar-refractivity contribution in [3.8, 4) is 0 Å². The van der Waals surface area contributed by atoms with E-state index in [1.807, 2.05) is 35.5 Å². The molecule has 2 amide bonds. The monoisotopic (exact) mass is 355 g/mol. The quantitative estimate of drug-likeness (QED) is 0.832. The van der Waals surface area contributed by atoms with E-state index in [1.165, 1.54) is 22.6 Å². The largest absolute Gasteiger partial charge is 0.368 e. The molecule has 130 valence electrons. The number of aryl methyl sites for hydroxylation is 1. The second-order valence-electron chi connectivity index (χ2n) is 6.52. The van der Waals surface area contributed by atoms with Gasteiger partial charge in [-0.05, 0) is 41.6 Å². The first kappa shape index (κ1) is 16.1. The highest BCUT2D eigenvalue weighted by molar-refractivity contribution is 7.12. The van der Waals surface area contributed by atoms with E-state index in [4.69, 9.17) is 0 Å². The van der Waals surface area contributed by atoms with Gasteiger partial charge in [-0.2, -0.15) is 0 Å². The number of benzene rings is 1. The van der Waals surface area contributed by atoms with Gasteiger partial charge in [0.15, 0.2) is 0 Å². The van der Waals surface area contributed by atoms with Crippen molar-refractivity contribution in [3.05, 3.63) is 46.2 Å². The maximum Gasteiger partial charge on any atom is 0.264 e. The summed E-state index contributed by atoms with van der Waals surface area (Å²) in [5.41, 5.74) is 3.44. The van der Waals surface area contributed by atoms with Crippen LogP contribution >= 0.6 is 11.3 Å². The number of hydrogen-bond acceptors (Lipinski definition) is 4. The van der Waals surface area contributed by atoms with Gasteiger partial charge in [0, 0.05) is 51.0 Å². The summed E-state index contributed by atoms with van der Waals surface area (Å²) in [6.07, 6.45) is 1.39. The van der Waals surface area contributed by atoms with Gasteiger partial charge in [-0.15, -0.1) is 11.3 Å². The van der Waals surface area contributed by atoms with E-state index >= 15 is 0 Å². The average molecular weight is 355 g/mol. The molecule has 6 heteroatoms. The van der Waals surface area contributed by atoms with Gasteiger partial charge in [0.05, 0.1) is 4.88 Å². The molecule has 0 saturated carbocycles. The van der Waals surface area contributed by atoms with Crippen molar-refractivity contribution in [1.29, 1.82) is 0 Å². The number of thiophene rings is 1. The molecule has 5 nitrogen and oxygen atoms in total. The number of anilines is 2. The van der Waals surface area contributed by atoms with Crippen LogP contribution in [0.5, 0.6) is 0 Å². The summed E-state index contributed by atoms with van der Waals surface area (Å²) in [7, 11) is 1.84. The zero-order valence-electron chi connectivity index (χ0n) is 14.3. The summed E-state index contributed by atoms with van der Waals surface area (Å²) < 4.78 is 0. The number of amides is 2. The van der Waals surface area contributed by atoms with Crippen molar-refractivity contribution < 1.29 is 9.59 Å². The Morgan fingerprint density at radius 2 is 1.88 bits per heavy atom. The molecule has 0 spiro atoms. The van der Waals surface area contributed by atoms with Crippen LogP contribution in [0.3, 0.4) is 0 Å². The molecule has 2 aliphatic heterocycles. The van der Waals surface area contributed by atoms with Crippen molar-refractivity contribution in [2.75, 3.05) is 43.0 Å². The van der Waals surface area contributed by atoms with Gasteiger partial charge >= 0.3 is 0 Å². The van der Waals surface area contributed by atoms with Crippen molar-refractivity contribution in [3.63, 3.8) is 0 Å². The fourth-order valence-electron chi connectivity index (χ4n) is 3.56. The summed E-state index contributed by atoms with van der Waals surface area (Å²) >= 11 is 1.50. The zero-order chi connectivity index (χ0) is 17.4. The van der Waals surface area contributed by atoms with Gasteiger partial charge in [-0.25, -0.2) is 0 Å². The van der Waals surface area contributed by atoms with E-state index in [0.29, 0.717) is 6.42 Å². The zero-order valence-corrected chi connectivity index (χ0v) is 15.1. The number of fused-ring (bicyclic) bond motifs is 1. The standard InChI is InChI=1S/C19H21N3O2S/c1-20-16-6-5-15(13-14(16)4-7-18(20)23)21-8-10-22(11-9-21)19(24)17-3-2-12-25-17/h2-3,5-6,12-13H,4,7-11H2,1H3. The normalized spacial score (nSPS) is 17.6. The Bertz CT molecular complexity index is 795. The summed E-state index contributed by atoms with van der Waals surface area (Å²) in [6, 6.07) is 10.1. The molecule has 1 fully saturated rings. The third-order valence-corrected chi connectivity index (χ3v) is 5.93. The smallest absolute Gasteiger partial charge is 0.264 e. The van der Waals surface area contributed by atoms with Crippen LogP contribution in [-0.2, 0) is 11.2 Å². The van der Waals surface area contributed by atoms with E-state index in [1.54, 1.807) is 4.90 Å². The number of rotatable bonds is 2. The summed E-state index contributed by atoms with van der Waals surface area (Å²) in [5.74, 6) is 0.321. The average Bonchev–Trinajstić information content (AvgIpc) is 3.19. The fourth-order valence-corrected chi connectivity index (χ4v) is 4.25. The molecular formula is C19H21N3O2S. The summed E-state index contributed by atoms with van der Waals surface area (Å²) in [6.45, 7) is 3.16. The van der Waals surface area contributed by atoms with Gasteiger partial charge in [0.2, 0.25) is 5.91 Å². The maximum atomic E-state index is 12.4. The molecule has 1 aromatic carbocycles. The van der Waals surface area contributed by atoms with Crippen molar-refractivity contribution >= 4 is 34.5 Å². The predicted molar refractivity (Wildman–Crippen MR) is 101 cm³/mol. The molecule has 2 aromatic rings. The lowest BCUT2D eigenvalue weighted by molar-refractivity contribution is -0.118. The van der Waals surface area contributed by atoms with Gasteiger partial charge < -0.3 is 14.7 Å². The number of carbonyl (C=O) groups excluding carboxylic acids is 2. The fraction of sp³-hybridized carbons (Fsp3) is 0.368. The molecule has 4 rings (SSSR count). The van der Waals surface area contributed by atoms with Crippen molar-refractivity contribution in [2.24, 2.45) is 0 Å². The molecule has 0 N–H and O–H groups in total. The highest BCUT2D eigenvalue weighted by Gasteiger charge is 2.25. The Kier molecular flexibility index (Phi) is 4.21. The lowest BCUT2D eigenvalue weighted by Crippen LogP contribution is -2.48. The van der Waals surface area contributed by atoms with E-state index in [-0.39, 0.29) is 11.8 Å². The minimum absolute atomic E-state index is 0.139. The Morgan fingerprint density at radius 1 is 1.08 bits per heavy atom. The minimum atomic E-state index is 0.139. The molecule has 0 unspecified atom stereocenters. The van der Waals surface area contributed by atoms with E-state index in [9.17, 15) is 9.59 Å².